The van der Waals surface area contributed by atoms with Gasteiger partial charge < -0.3 is 11.1 Å². The van der Waals surface area contributed by atoms with Crippen LogP contribution < -0.4 is 11.1 Å². The normalized spacial score (nSPS) is 9.89. The molecule has 0 radical (unpaired) electrons. The zero-order valence-corrected chi connectivity index (χ0v) is 11.7. The molecule has 3 heteroatoms. The number of rotatable bonds is 5. The van der Waals surface area contributed by atoms with Crippen LogP contribution in [-0.2, 0) is 0 Å². The molecule has 0 aromatic heterocycles. The number of hydrogen-bond donors (Lipinski definition) is 2. The molecule has 0 unspecified atom stereocenters. The van der Waals surface area contributed by atoms with E-state index in [-0.39, 0.29) is 5.91 Å². The lowest BCUT2D eigenvalue weighted by Gasteiger charge is -2.08. The largest absolute Gasteiger partial charge is 0.352 e. The Morgan fingerprint density at radius 3 is 2.79 bits per heavy atom. The number of nitrogens with two attached hydrogens (primary N) is 1. The van der Waals surface area contributed by atoms with Crippen LogP contribution in [0.5, 0.6) is 0 Å². The molecule has 102 valence electrons. The van der Waals surface area contributed by atoms with Crippen LogP contribution in [0.15, 0.2) is 24.3 Å². The molecule has 1 aromatic rings. The minimum Gasteiger partial charge on any atom is -0.352 e. The Balaban J connectivity index is 2.61. The number of amides is 1. The van der Waals surface area contributed by atoms with Gasteiger partial charge in [-0.15, -0.1) is 0 Å². The molecule has 19 heavy (non-hydrogen) atoms. The van der Waals surface area contributed by atoms with Gasteiger partial charge in [0, 0.05) is 12.1 Å². The Hall–Kier alpha value is -1.79. The fourth-order valence-electron chi connectivity index (χ4n) is 1.74. The Morgan fingerprint density at radius 2 is 2.11 bits per heavy atom. The van der Waals surface area contributed by atoms with E-state index in [0.717, 1.165) is 18.4 Å². The molecule has 1 aromatic carbocycles. The van der Waals surface area contributed by atoms with Crippen molar-refractivity contribution in [3.63, 3.8) is 0 Å². The van der Waals surface area contributed by atoms with E-state index in [1.54, 1.807) is 6.07 Å². The van der Waals surface area contributed by atoms with Crippen molar-refractivity contribution < 1.29 is 4.79 Å². The molecule has 0 aliphatic rings. The number of nitrogens with one attached hydrogen (secondary N) is 1. The van der Waals surface area contributed by atoms with Gasteiger partial charge in [0.15, 0.2) is 0 Å². The highest BCUT2D eigenvalue weighted by molar-refractivity contribution is 5.96. The fraction of sp³-hybridized carbons (Fsp3) is 0.438. The summed E-state index contributed by atoms with van der Waals surface area (Å²) in [5, 5.41) is 2.93. The first-order valence-electron chi connectivity index (χ1n) is 6.71. The van der Waals surface area contributed by atoms with E-state index in [1.165, 1.54) is 0 Å². The van der Waals surface area contributed by atoms with E-state index < -0.39 is 0 Å². The second-order valence-corrected chi connectivity index (χ2v) is 4.84. The quantitative estimate of drug-likeness (QED) is 0.628. The van der Waals surface area contributed by atoms with E-state index in [4.69, 9.17) is 5.73 Å². The number of hydrogen-bond acceptors (Lipinski definition) is 2. The summed E-state index contributed by atoms with van der Waals surface area (Å²) in [7, 11) is 0. The van der Waals surface area contributed by atoms with Crippen molar-refractivity contribution >= 4 is 5.91 Å². The Morgan fingerprint density at radius 1 is 1.37 bits per heavy atom. The minimum atomic E-state index is -0.0642. The highest BCUT2D eigenvalue weighted by Gasteiger charge is 2.08. The van der Waals surface area contributed by atoms with Crippen molar-refractivity contribution in [2.75, 3.05) is 13.1 Å². The molecule has 0 spiro atoms. The van der Waals surface area contributed by atoms with Crippen LogP contribution >= 0.6 is 0 Å². The lowest BCUT2D eigenvalue weighted by molar-refractivity contribution is 0.0952. The van der Waals surface area contributed by atoms with Crippen LogP contribution in [0.3, 0.4) is 0 Å². The van der Waals surface area contributed by atoms with Gasteiger partial charge in [0.2, 0.25) is 0 Å². The maximum atomic E-state index is 12.1. The van der Waals surface area contributed by atoms with Gasteiger partial charge in [-0.25, -0.2) is 0 Å². The Bertz CT molecular complexity index is 469. The van der Waals surface area contributed by atoms with Gasteiger partial charge in [0.25, 0.3) is 5.91 Å². The van der Waals surface area contributed by atoms with Gasteiger partial charge in [-0.2, -0.15) is 0 Å². The number of carbonyl (C=O) groups excluding carboxylic acids is 1. The topological polar surface area (TPSA) is 55.1 Å². The van der Waals surface area contributed by atoms with E-state index >= 15 is 0 Å². The molecular weight excluding hydrogens is 236 g/mol. The molecule has 3 nitrogen and oxygen atoms in total. The van der Waals surface area contributed by atoms with Crippen LogP contribution in [-0.4, -0.2) is 19.0 Å². The minimum absolute atomic E-state index is 0.0642. The molecule has 0 bridgehead atoms. The van der Waals surface area contributed by atoms with Gasteiger partial charge in [-0.3, -0.25) is 4.79 Å². The summed E-state index contributed by atoms with van der Waals surface area (Å²) in [6.07, 6.45) is 2.12. The number of carbonyl (C=O) groups is 1. The summed E-state index contributed by atoms with van der Waals surface area (Å²) in [6, 6.07) is 7.34. The SMILES string of the molecule is CC(C)CCCNC(=O)c1ccccc1C#CCN. The third-order valence-electron chi connectivity index (χ3n) is 2.74. The van der Waals surface area contributed by atoms with E-state index in [1.807, 2.05) is 18.2 Å². The highest BCUT2D eigenvalue weighted by atomic mass is 16.1. The van der Waals surface area contributed by atoms with Crippen LogP contribution in [0.2, 0.25) is 0 Å². The first-order valence-corrected chi connectivity index (χ1v) is 6.71. The van der Waals surface area contributed by atoms with Crippen molar-refractivity contribution in [2.45, 2.75) is 26.7 Å². The average molecular weight is 258 g/mol. The first kappa shape index (κ1) is 15.3. The van der Waals surface area contributed by atoms with Crippen LogP contribution in [0.4, 0.5) is 0 Å². The predicted molar refractivity (Wildman–Crippen MR) is 78.8 cm³/mol. The lowest BCUT2D eigenvalue weighted by Crippen LogP contribution is -2.25. The summed E-state index contributed by atoms with van der Waals surface area (Å²) in [4.78, 5) is 12.1. The molecule has 3 N–H and O–H groups in total. The Kier molecular flexibility index (Phi) is 6.70. The van der Waals surface area contributed by atoms with E-state index in [2.05, 4.69) is 31.0 Å². The van der Waals surface area contributed by atoms with Crippen LogP contribution in [0, 0.1) is 17.8 Å². The summed E-state index contributed by atoms with van der Waals surface area (Å²) < 4.78 is 0. The maximum absolute atomic E-state index is 12.1. The second-order valence-electron chi connectivity index (χ2n) is 4.84. The summed E-state index contributed by atoms with van der Waals surface area (Å²) in [6.45, 7) is 5.36. The molecule has 0 saturated carbocycles. The smallest absolute Gasteiger partial charge is 0.252 e. The molecule has 1 amide bonds. The Labute approximate surface area is 115 Å². The van der Waals surface area contributed by atoms with Crippen LogP contribution in [0.25, 0.3) is 0 Å². The molecule has 0 aliphatic heterocycles. The molecule has 1 rings (SSSR count). The first-order chi connectivity index (χ1) is 9.15. The van der Waals surface area contributed by atoms with Gasteiger partial charge >= 0.3 is 0 Å². The van der Waals surface area contributed by atoms with Crippen molar-refractivity contribution in [3.8, 4) is 11.8 Å². The lowest BCUT2D eigenvalue weighted by atomic mass is 10.1. The zero-order valence-electron chi connectivity index (χ0n) is 11.7. The van der Waals surface area contributed by atoms with Crippen molar-refractivity contribution in [2.24, 2.45) is 11.7 Å². The second kappa shape index (κ2) is 8.34. The standard InChI is InChI=1S/C16H22N2O/c1-13(2)7-6-12-18-16(19)15-10-4-3-8-14(15)9-5-11-17/h3-4,8,10,13H,6-7,11-12,17H2,1-2H3,(H,18,19). The molecular formula is C16H22N2O. The van der Waals surface area contributed by atoms with Gasteiger partial charge in [0.05, 0.1) is 12.1 Å². The zero-order chi connectivity index (χ0) is 14.1. The summed E-state index contributed by atoms with van der Waals surface area (Å²) in [5.74, 6) is 6.31. The molecule has 0 fully saturated rings. The van der Waals surface area contributed by atoms with Gasteiger partial charge in [-0.05, 0) is 30.9 Å². The van der Waals surface area contributed by atoms with E-state index in [0.29, 0.717) is 24.6 Å². The third-order valence-corrected chi connectivity index (χ3v) is 2.74. The third kappa shape index (κ3) is 5.58. The monoisotopic (exact) mass is 258 g/mol. The van der Waals surface area contributed by atoms with Crippen molar-refractivity contribution in [3.05, 3.63) is 35.4 Å². The van der Waals surface area contributed by atoms with Gasteiger partial charge in [-0.1, -0.05) is 37.8 Å². The maximum Gasteiger partial charge on any atom is 0.252 e. The van der Waals surface area contributed by atoms with Crippen molar-refractivity contribution in [1.29, 1.82) is 0 Å². The summed E-state index contributed by atoms with van der Waals surface area (Å²) >= 11 is 0. The molecule has 0 heterocycles. The molecule has 0 aliphatic carbocycles. The predicted octanol–water partition coefficient (Wildman–Crippen LogP) is 2.16. The fourth-order valence-corrected chi connectivity index (χ4v) is 1.74. The molecule has 0 atom stereocenters. The summed E-state index contributed by atoms with van der Waals surface area (Å²) in [5.41, 5.74) is 6.70. The number of benzene rings is 1. The average Bonchev–Trinajstić information content (AvgIpc) is 2.41. The highest BCUT2D eigenvalue weighted by Crippen LogP contribution is 2.07. The van der Waals surface area contributed by atoms with Crippen LogP contribution in [0.1, 0.15) is 42.6 Å². The van der Waals surface area contributed by atoms with Gasteiger partial charge in [0.1, 0.15) is 0 Å². The van der Waals surface area contributed by atoms with Crippen molar-refractivity contribution in [1.82, 2.24) is 5.32 Å². The van der Waals surface area contributed by atoms with E-state index in [9.17, 15) is 4.79 Å². The molecule has 0 saturated heterocycles.